The van der Waals surface area contributed by atoms with Crippen LogP contribution < -0.4 is 56.7 Å². The summed E-state index contributed by atoms with van der Waals surface area (Å²) in [5.41, 5.74) is 0.717. The standard InChI is InChI=1S/C9H11NO.K/c1-2-10-9(11)8-6-4-3-5-7-8;/h3-7H,2H2,1H3,(H,10,11);/q;+1. The van der Waals surface area contributed by atoms with E-state index in [1.54, 1.807) is 12.1 Å². The Hall–Kier alpha value is 0.326. The molecule has 1 aromatic carbocycles. The Labute approximate surface area is 115 Å². The van der Waals surface area contributed by atoms with Crippen molar-refractivity contribution in [2.45, 2.75) is 6.92 Å². The van der Waals surface area contributed by atoms with E-state index in [2.05, 4.69) is 5.32 Å². The van der Waals surface area contributed by atoms with Crippen molar-refractivity contribution in [1.82, 2.24) is 5.32 Å². The molecular formula is C9H11KNO+. The van der Waals surface area contributed by atoms with Gasteiger partial charge in [0.25, 0.3) is 5.91 Å². The predicted octanol–water partition coefficient (Wildman–Crippen LogP) is -1.56. The van der Waals surface area contributed by atoms with Gasteiger partial charge in [-0.1, -0.05) is 18.2 Å². The molecule has 1 amide bonds. The topological polar surface area (TPSA) is 29.1 Å². The summed E-state index contributed by atoms with van der Waals surface area (Å²) >= 11 is 0. The van der Waals surface area contributed by atoms with Crippen LogP contribution in [0.3, 0.4) is 0 Å². The number of benzene rings is 1. The third-order valence-electron chi connectivity index (χ3n) is 1.37. The first kappa shape index (κ1) is 12.3. The third kappa shape index (κ3) is 3.82. The average molecular weight is 188 g/mol. The van der Waals surface area contributed by atoms with Crippen molar-refractivity contribution in [2.75, 3.05) is 6.54 Å². The molecular weight excluding hydrogens is 177 g/mol. The van der Waals surface area contributed by atoms with Gasteiger partial charge in [-0.3, -0.25) is 4.79 Å². The first-order chi connectivity index (χ1) is 5.34. The van der Waals surface area contributed by atoms with Gasteiger partial charge in [-0.15, -0.1) is 0 Å². The Bertz CT molecular complexity index is 236. The van der Waals surface area contributed by atoms with Crippen molar-refractivity contribution in [2.24, 2.45) is 0 Å². The summed E-state index contributed by atoms with van der Waals surface area (Å²) < 4.78 is 0. The minimum Gasteiger partial charge on any atom is -0.352 e. The second kappa shape index (κ2) is 6.80. The molecule has 0 saturated carbocycles. The van der Waals surface area contributed by atoms with Crippen molar-refractivity contribution in [3.63, 3.8) is 0 Å². The van der Waals surface area contributed by atoms with Gasteiger partial charge in [0.1, 0.15) is 0 Å². The van der Waals surface area contributed by atoms with E-state index in [0.717, 1.165) is 0 Å². The molecule has 0 radical (unpaired) electrons. The summed E-state index contributed by atoms with van der Waals surface area (Å²) in [5, 5.41) is 2.72. The Morgan fingerprint density at radius 1 is 1.33 bits per heavy atom. The average Bonchev–Trinajstić information content (AvgIpc) is 2.07. The van der Waals surface area contributed by atoms with Gasteiger partial charge in [0.2, 0.25) is 0 Å². The summed E-state index contributed by atoms with van der Waals surface area (Å²) in [4.78, 5) is 11.1. The summed E-state index contributed by atoms with van der Waals surface area (Å²) in [7, 11) is 0. The molecule has 0 aliphatic rings. The van der Waals surface area contributed by atoms with E-state index in [1.165, 1.54) is 0 Å². The predicted molar refractivity (Wildman–Crippen MR) is 44.4 cm³/mol. The molecule has 0 aliphatic heterocycles. The smallest absolute Gasteiger partial charge is 0.352 e. The number of nitrogens with one attached hydrogen (secondary N) is 1. The van der Waals surface area contributed by atoms with E-state index in [0.29, 0.717) is 12.1 Å². The van der Waals surface area contributed by atoms with Gasteiger partial charge in [-0.05, 0) is 19.1 Å². The minimum absolute atomic E-state index is 0. The van der Waals surface area contributed by atoms with Crippen LogP contribution in [-0.4, -0.2) is 12.5 Å². The van der Waals surface area contributed by atoms with E-state index in [1.807, 2.05) is 25.1 Å². The van der Waals surface area contributed by atoms with E-state index in [9.17, 15) is 4.79 Å². The van der Waals surface area contributed by atoms with Crippen LogP contribution >= 0.6 is 0 Å². The number of hydrogen-bond acceptors (Lipinski definition) is 1. The van der Waals surface area contributed by atoms with Crippen LogP contribution in [0.15, 0.2) is 30.3 Å². The van der Waals surface area contributed by atoms with Gasteiger partial charge in [-0.2, -0.15) is 0 Å². The summed E-state index contributed by atoms with van der Waals surface area (Å²) in [6, 6.07) is 9.19. The maximum Gasteiger partial charge on any atom is 1.00 e. The molecule has 0 atom stereocenters. The number of carbonyl (C=O) groups excluding carboxylic acids is 1. The van der Waals surface area contributed by atoms with Crippen LogP contribution in [0, 0.1) is 0 Å². The zero-order chi connectivity index (χ0) is 8.10. The van der Waals surface area contributed by atoms with E-state index in [4.69, 9.17) is 0 Å². The van der Waals surface area contributed by atoms with Crippen molar-refractivity contribution in [3.05, 3.63) is 35.9 Å². The molecule has 0 aliphatic carbocycles. The zero-order valence-corrected chi connectivity index (χ0v) is 10.6. The molecule has 0 aromatic heterocycles. The van der Waals surface area contributed by atoms with Crippen LogP contribution in [0.25, 0.3) is 0 Å². The molecule has 0 spiro atoms. The van der Waals surface area contributed by atoms with Crippen LogP contribution in [0.1, 0.15) is 17.3 Å². The fourth-order valence-corrected chi connectivity index (χ4v) is 0.852. The van der Waals surface area contributed by atoms with Gasteiger partial charge < -0.3 is 5.32 Å². The van der Waals surface area contributed by atoms with Crippen molar-refractivity contribution >= 4 is 5.91 Å². The first-order valence-electron chi connectivity index (χ1n) is 3.68. The monoisotopic (exact) mass is 188 g/mol. The molecule has 0 bridgehead atoms. The molecule has 1 rings (SSSR count). The van der Waals surface area contributed by atoms with Gasteiger partial charge in [-0.25, -0.2) is 0 Å². The van der Waals surface area contributed by atoms with Crippen molar-refractivity contribution in [3.8, 4) is 0 Å². The largest absolute Gasteiger partial charge is 1.00 e. The molecule has 12 heavy (non-hydrogen) atoms. The molecule has 3 heteroatoms. The normalized spacial score (nSPS) is 8.42. The molecule has 1 aromatic rings. The Morgan fingerprint density at radius 2 is 1.92 bits per heavy atom. The molecule has 58 valence electrons. The van der Waals surface area contributed by atoms with Crippen molar-refractivity contribution < 1.29 is 56.2 Å². The van der Waals surface area contributed by atoms with Crippen LogP contribution in [0.5, 0.6) is 0 Å². The van der Waals surface area contributed by atoms with Crippen LogP contribution in [0.2, 0.25) is 0 Å². The number of hydrogen-bond donors (Lipinski definition) is 1. The molecule has 0 unspecified atom stereocenters. The quantitative estimate of drug-likeness (QED) is 0.559. The van der Waals surface area contributed by atoms with E-state index < -0.39 is 0 Å². The summed E-state index contributed by atoms with van der Waals surface area (Å²) in [6.07, 6.45) is 0. The maximum atomic E-state index is 11.1. The Morgan fingerprint density at radius 3 is 2.42 bits per heavy atom. The fraction of sp³-hybridized carbons (Fsp3) is 0.222. The van der Waals surface area contributed by atoms with Gasteiger partial charge in [0, 0.05) is 12.1 Å². The summed E-state index contributed by atoms with van der Waals surface area (Å²) in [6.45, 7) is 2.58. The second-order valence-electron chi connectivity index (χ2n) is 2.23. The number of rotatable bonds is 2. The van der Waals surface area contributed by atoms with Crippen LogP contribution in [0.4, 0.5) is 0 Å². The minimum atomic E-state index is -0.00639. The van der Waals surface area contributed by atoms with Crippen molar-refractivity contribution in [1.29, 1.82) is 0 Å². The molecule has 1 N–H and O–H groups in total. The fourth-order valence-electron chi connectivity index (χ4n) is 0.852. The molecule has 2 nitrogen and oxygen atoms in total. The number of carbonyl (C=O) groups is 1. The molecule has 0 fully saturated rings. The Kier molecular flexibility index (Phi) is 6.99. The SMILES string of the molecule is CCNC(=O)c1ccccc1.[K+]. The molecule has 0 heterocycles. The second-order valence-corrected chi connectivity index (χ2v) is 2.23. The van der Waals surface area contributed by atoms with Gasteiger partial charge >= 0.3 is 51.4 Å². The first-order valence-corrected chi connectivity index (χ1v) is 3.68. The van der Waals surface area contributed by atoms with Gasteiger partial charge in [0.05, 0.1) is 0 Å². The maximum absolute atomic E-state index is 11.1. The van der Waals surface area contributed by atoms with Gasteiger partial charge in [0.15, 0.2) is 0 Å². The zero-order valence-electron chi connectivity index (χ0n) is 7.50. The Balaban J connectivity index is 0.00000121. The summed E-state index contributed by atoms with van der Waals surface area (Å²) in [5.74, 6) is -0.00639. The van der Waals surface area contributed by atoms with E-state index >= 15 is 0 Å². The van der Waals surface area contributed by atoms with Crippen LogP contribution in [-0.2, 0) is 0 Å². The van der Waals surface area contributed by atoms with E-state index in [-0.39, 0.29) is 57.3 Å². The third-order valence-corrected chi connectivity index (χ3v) is 1.37. The number of amides is 1. The molecule has 0 saturated heterocycles.